The molecule has 0 aromatic heterocycles. The van der Waals surface area contributed by atoms with Crippen LogP contribution in [0.4, 0.5) is 4.79 Å². The maximum atomic E-state index is 11.7. The van der Waals surface area contributed by atoms with Crippen molar-refractivity contribution >= 4 is 12.0 Å². The number of primary amides is 1. The minimum atomic E-state index is -0.734. The molecule has 0 bridgehead atoms. The number of carbonyl (C=O) groups excluding carboxylic acids is 2. The zero-order chi connectivity index (χ0) is 12.5. The van der Waals surface area contributed by atoms with Crippen LogP contribution in [0.1, 0.15) is 25.7 Å². The fraction of sp³-hybridized carbons (Fsp3) is 0.818. The lowest BCUT2D eigenvalue weighted by atomic mass is 10.2. The van der Waals surface area contributed by atoms with Gasteiger partial charge in [0.25, 0.3) is 0 Å². The first-order chi connectivity index (χ1) is 8.20. The third-order valence-electron chi connectivity index (χ3n) is 2.75. The normalized spacial score (nSPS) is 15.6. The maximum absolute atomic E-state index is 11.7. The highest BCUT2D eigenvalue weighted by molar-refractivity contribution is 5.76. The van der Waals surface area contributed by atoms with E-state index in [2.05, 4.69) is 10.1 Å². The van der Waals surface area contributed by atoms with Gasteiger partial charge in [-0.25, -0.2) is 4.79 Å². The number of amides is 2. The van der Waals surface area contributed by atoms with Gasteiger partial charge in [0.05, 0.1) is 6.61 Å². The van der Waals surface area contributed by atoms with Crippen molar-refractivity contribution in [1.29, 1.82) is 0 Å². The molecule has 0 radical (unpaired) electrons. The SMILES string of the molecule is NC(=O)OCCCCCC(=O)N1CCNCC1. The molecule has 1 heterocycles. The highest BCUT2D eigenvalue weighted by atomic mass is 16.5. The van der Waals surface area contributed by atoms with Gasteiger partial charge >= 0.3 is 6.09 Å². The summed E-state index contributed by atoms with van der Waals surface area (Å²) in [4.78, 5) is 23.9. The Morgan fingerprint density at radius 1 is 1.18 bits per heavy atom. The van der Waals surface area contributed by atoms with E-state index in [-0.39, 0.29) is 5.91 Å². The maximum Gasteiger partial charge on any atom is 0.404 e. The zero-order valence-electron chi connectivity index (χ0n) is 10.1. The third kappa shape index (κ3) is 6.11. The van der Waals surface area contributed by atoms with E-state index in [4.69, 9.17) is 5.73 Å². The van der Waals surface area contributed by atoms with E-state index in [0.29, 0.717) is 13.0 Å². The molecule has 1 aliphatic heterocycles. The van der Waals surface area contributed by atoms with E-state index < -0.39 is 6.09 Å². The van der Waals surface area contributed by atoms with E-state index in [1.807, 2.05) is 4.90 Å². The molecule has 1 saturated heterocycles. The predicted octanol–water partition coefficient (Wildman–Crippen LogP) is 0.0739. The predicted molar refractivity (Wildman–Crippen MR) is 63.5 cm³/mol. The highest BCUT2D eigenvalue weighted by Gasteiger charge is 2.14. The molecule has 98 valence electrons. The van der Waals surface area contributed by atoms with Crippen LogP contribution >= 0.6 is 0 Å². The Morgan fingerprint density at radius 2 is 1.88 bits per heavy atom. The minimum Gasteiger partial charge on any atom is -0.450 e. The van der Waals surface area contributed by atoms with Gasteiger partial charge in [0.1, 0.15) is 0 Å². The molecule has 0 aromatic rings. The van der Waals surface area contributed by atoms with Gasteiger partial charge in [-0.2, -0.15) is 0 Å². The van der Waals surface area contributed by atoms with Gasteiger partial charge in [0, 0.05) is 32.6 Å². The van der Waals surface area contributed by atoms with Gasteiger partial charge in [0.2, 0.25) is 5.91 Å². The van der Waals surface area contributed by atoms with Crippen LogP contribution in [0.2, 0.25) is 0 Å². The molecule has 1 rings (SSSR count). The van der Waals surface area contributed by atoms with E-state index >= 15 is 0 Å². The summed E-state index contributed by atoms with van der Waals surface area (Å²) in [7, 11) is 0. The first kappa shape index (κ1) is 13.8. The van der Waals surface area contributed by atoms with Crippen LogP contribution in [0.25, 0.3) is 0 Å². The summed E-state index contributed by atoms with van der Waals surface area (Å²) in [5.41, 5.74) is 4.83. The fourth-order valence-corrected chi connectivity index (χ4v) is 1.80. The van der Waals surface area contributed by atoms with Crippen LogP contribution in [0, 0.1) is 0 Å². The lowest BCUT2D eigenvalue weighted by Crippen LogP contribution is -2.46. The Bertz CT molecular complexity index is 252. The van der Waals surface area contributed by atoms with Gasteiger partial charge in [0.15, 0.2) is 0 Å². The lowest BCUT2D eigenvalue weighted by Gasteiger charge is -2.27. The first-order valence-corrected chi connectivity index (χ1v) is 6.11. The summed E-state index contributed by atoms with van der Waals surface area (Å²) in [5.74, 6) is 0.224. The zero-order valence-corrected chi connectivity index (χ0v) is 10.1. The van der Waals surface area contributed by atoms with Crippen molar-refractivity contribution in [2.45, 2.75) is 25.7 Å². The number of hydrogen-bond donors (Lipinski definition) is 2. The summed E-state index contributed by atoms with van der Waals surface area (Å²) in [6, 6.07) is 0. The average molecular weight is 243 g/mol. The second kappa shape index (κ2) is 7.89. The summed E-state index contributed by atoms with van der Waals surface area (Å²) < 4.78 is 4.60. The molecule has 6 nitrogen and oxygen atoms in total. The molecule has 1 aliphatic rings. The average Bonchev–Trinajstić information content (AvgIpc) is 2.34. The van der Waals surface area contributed by atoms with E-state index in [1.54, 1.807) is 0 Å². The van der Waals surface area contributed by atoms with Crippen LogP contribution in [0.5, 0.6) is 0 Å². The minimum absolute atomic E-state index is 0.224. The fourth-order valence-electron chi connectivity index (χ4n) is 1.80. The molecular formula is C11H21N3O3. The number of rotatable bonds is 6. The standard InChI is InChI=1S/C11H21N3O3/c12-11(16)17-9-3-1-2-4-10(15)14-7-5-13-6-8-14/h13H,1-9H2,(H2,12,16). The van der Waals surface area contributed by atoms with Crippen molar-refractivity contribution < 1.29 is 14.3 Å². The van der Waals surface area contributed by atoms with Crippen molar-refractivity contribution in [2.75, 3.05) is 32.8 Å². The molecule has 0 unspecified atom stereocenters. The second-order valence-corrected chi connectivity index (χ2v) is 4.11. The molecule has 0 spiro atoms. The smallest absolute Gasteiger partial charge is 0.404 e. The molecule has 0 atom stereocenters. The topological polar surface area (TPSA) is 84.7 Å². The van der Waals surface area contributed by atoms with Crippen LogP contribution < -0.4 is 11.1 Å². The van der Waals surface area contributed by atoms with Gasteiger partial charge in [-0.1, -0.05) is 0 Å². The highest BCUT2D eigenvalue weighted by Crippen LogP contribution is 2.04. The molecule has 3 N–H and O–H groups in total. The summed E-state index contributed by atoms with van der Waals surface area (Å²) in [6.07, 6.45) is 2.33. The number of nitrogens with one attached hydrogen (secondary N) is 1. The summed E-state index contributed by atoms with van der Waals surface area (Å²) in [6.45, 7) is 3.74. The molecular weight excluding hydrogens is 222 g/mol. The van der Waals surface area contributed by atoms with Gasteiger partial charge < -0.3 is 20.7 Å². The third-order valence-corrected chi connectivity index (χ3v) is 2.75. The Kier molecular flexibility index (Phi) is 6.39. The summed E-state index contributed by atoms with van der Waals surface area (Å²) >= 11 is 0. The van der Waals surface area contributed by atoms with Crippen LogP contribution in [-0.2, 0) is 9.53 Å². The number of nitrogens with two attached hydrogens (primary N) is 1. The molecule has 0 saturated carbocycles. The van der Waals surface area contributed by atoms with E-state index in [1.165, 1.54) is 0 Å². The number of unbranched alkanes of at least 4 members (excludes halogenated alkanes) is 2. The van der Waals surface area contributed by atoms with E-state index in [9.17, 15) is 9.59 Å². The molecule has 0 aromatic carbocycles. The van der Waals surface area contributed by atoms with E-state index in [0.717, 1.165) is 45.4 Å². The lowest BCUT2D eigenvalue weighted by molar-refractivity contribution is -0.131. The Hall–Kier alpha value is -1.30. The first-order valence-electron chi connectivity index (χ1n) is 6.11. The molecule has 6 heteroatoms. The number of nitrogens with zero attached hydrogens (tertiary/aromatic N) is 1. The van der Waals surface area contributed by atoms with Gasteiger partial charge in [-0.3, -0.25) is 4.79 Å². The second-order valence-electron chi connectivity index (χ2n) is 4.11. The number of carbonyl (C=O) groups is 2. The van der Waals surface area contributed by atoms with Crippen LogP contribution in [0.3, 0.4) is 0 Å². The van der Waals surface area contributed by atoms with Crippen LogP contribution in [-0.4, -0.2) is 49.7 Å². The van der Waals surface area contributed by atoms with Crippen molar-refractivity contribution in [1.82, 2.24) is 10.2 Å². The van der Waals surface area contributed by atoms with Gasteiger partial charge in [-0.05, 0) is 19.3 Å². The Morgan fingerprint density at radius 3 is 2.53 bits per heavy atom. The van der Waals surface area contributed by atoms with Gasteiger partial charge in [-0.15, -0.1) is 0 Å². The number of hydrogen-bond acceptors (Lipinski definition) is 4. The quantitative estimate of drug-likeness (QED) is 0.647. The summed E-state index contributed by atoms with van der Waals surface area (Å²) in [5, 5.41) is 3.21. The molecule has 0 aliphatic carbocycles. The number of piperazine rings is 1. The Labute approximate surface area is 101 Å². The van der Waals surface area contributed by atoms with Crippen molar-refractivity contribution in [3.8, 4) is 0 Å². The Balaban J connectivity index is 1.98. The molecule has 2 amide bonds. The van der Waals surface area contributed by atoms with Crippen molar-refractivity contribution in [3.63, 3.8) is 0 Å². The molecule has 1 fully saturated rings. The van der Waals surface area contributed by atoms with Crippen molar-refractivity contribution in [2.24, 2.45) is 5.73 Å². The largest absolute Gasteiger partial charge is 0.450 e. The number of ether oxygens (including phenoxy) is 1. The monoisotopic (exact) mass is 243 g/mol. The molecule has 17 heavy (non-hydrogen) atoms. The van der Waals surface area contributed by atoms with Crippen LogP contribution in [0.15, 0.2) is 0 Å². The van der Waals surface area contributed by atoms with Crippen molar-refractivity contribution in [3.05, 3.63) is 0 Å².